The summed E-state index contributed by atoms with van der Waals surface area (Å²) in [4.78, 5) is 11.7. The molecule has 0 bridgehead atoms. The number of carboxylic acids is 1. The average Bonchev–Trinajstić information content (AvgIpc) is 2.70. The van der Waals surface area contributed by atoms with Gasteiger partial charge in [-0.2, -0.15) is 5.11 Å². The Labute approximate surface area is 160 Å². The summed E-state index contributed by atoms with van der Waals surface area (Å²) in [5, 5.41) is 40.8. The molecule has 3 rings (SSSR count). The van der Waals surface area contributed by atoms with Gasteiger partial charge in [0, 0.05) is 11.8 Å². The van der Waals surface area contributed by atoms with Gasteiger partial charge in [0.15, 0.2) is 5.75 Å². The van der Waals surface area contributed by atoms with Crippen LogP contribution in [0.25, 0.3) is 0 Å². The molecule has 0 aromatic heterocycles. The quantitative estimate of drug-likeness (QED) is 0.272. The minimum absolute atomic E-state index is 0.0319. The van der Waals surface area contributed by atoms with Gasteiger partial charge >= 0.3 is 5.97 Å². The van der Waals surface area contributed by atoms with E-state index in [1.54, 1.807) is 48.5 Å². The molecule has 0 aliphatic rings. The van der Waals surface area contributed by atoms with Gasteiger partial charge in [-0.05, 0) is 36.4 Å². The molecule has 8 nitrogen and oxygen atoms in total. The summed E-state index contributed by atoms with van der Waals surface area (Å²) in [7, 11) is 1.53. The number of aromatic hydroxyl groups is 2. The smallest absolute Gasteiger partial charge is 0.342 e. The minimum Gasteiger partial charge on any atom is -0.506 e. The molecule has 0 saturated heterocycles. The number of azo groups is 1. The molecule has 3 aromatic carbocycles. The summed E-state index contributed by atoms with van der Waals surface area (Å²) in [6.45, 7) is 0. The lowest BCUT2D eigenvalue weighted by molar-refractivity contribution is 0.0694. The molecule has 0 amide bonds. The fourth-order valence-corrected chi connectivity index (χ4v) is 2.48. The van der Waals surface area contributed by atoms with Crippen LogP contribution in [0.1, 0.15) is 10.4 Å². The van der Waals surface area contributed by atoms with Crippen LogP contribution in [-0.4, -0.2) is 28.4 Å². The van der Waals surface area contributed by atoms with E-state index in [0.29, 0.717) is 17.1 Å². The van der Waals surface area contributed by atoms with Crippen molar-refractivity contribution in [3.05, 3.63) is 66.2 Å². The lowest BCUT2D eigenvalue weighted by atomic mass is 10.1. The zero-order valence-electron chi connectivity index (χ0n) is 14.8. The van der Waals surface area contributed by atoms with Crippen molar-refractivity contribution in [3.63, 3.8) is 0 Å². The molecule has 0 unspecified atom stereocenters. The SMILES string of the molecule is COc1ccc(N=Nc2c(O)cc(Nc3ccccc3)c(O)c2C(=O)O)cc1. The molecule has 0 radical (unpaired) electrons. The molecule has 0 aliphatic carbocycles. The number of carboxylic acid groups (broad SMARTS) is 1. The number of phenols is 2. The van der Waals surface area contributed by atoms with Crippen molar-refractivity contribution < 1.29 is 24.9 Å². The standard InChI is InChI=1S/C20H17N3O5/c1-28-14-9-7-13(8-10-14)22-23-18-16(24)11-15(19(25)17(18)20(26)27)21-12-5-3-2-4-6-12/h2-11,21,24-25H,1H3,(H,26,27). The largest absolute Gasteiger partial charge is 0.506 e. The van der Waals surface area contributed by atoms with E-state index in [4.69, 9.17) is 4.74 Å². The highest BCUT2D eigenvalue weighted by Crippen LogP contribution is 2.43. The number of methoxy groups -OCH3 is 1. The van der Waals surface area contributed by atoms with Crippen LogP contribution in [0.2, 0.25) is 0 Å². The second kappa shape index (κ2) is 8.09. The molecule has 142 valence electrons. The van der Waals surface area contributed by atoms with Gasteiger partial charge in [-0.1, -0.05) is 18.2 Å². The molecule has 4 N–H and O–H groups in total. The Kier molecular flexibility index (Phi) is 5.40. The van der Waals surface area contributed by atoms with E-state index in [2.05, 4.69) is 15.5 Å². The minimum atomic E-state index is -1.45. The zero-order chi connectivity index (χ0) is 20.1. The monoisotopic (exact) mass is 379 g/mol. The number of para-hydroxylation sites is 1. The molecule has 0 aliphatic heterocycles. The van der Waals surface area contributed by atoms with E-state index in [9.17, 15) is 20.1 Å². The van der Waals surface area contributed by atoms with Crippen LogP contribution in [0.4, 0.5) is 22.7 Å². The highest BCUT2D eigenvalue weighted by Gasteiger charge is 2.23. The first kappa shape index (κ1) is 18.7. The Morgan fingerprint density at radius 1 is 1.00 bits per heavy atom. The molecule has 28 heavy (non-hydrogen) atoms. The second-order valence-corrected chi connectivity index (χ2v) is 5.71. The summed E-state index contributed by atoms with van der Waals surface area (Å²) in [6, 6.07) is 16.6. The lowest BCUT2D eigenvalue weighted by Crippen LogP contribution is -2.01. The number of aromatic carboxylic acids is 1. The Bertz CT molecular complexity index is 1020. The number of benzene rings is 3. The van der Waals surface area contributed by atoms with Crippen molar-refractivity contribution in [1.29, 1.82) is 0 Å². The van der Waals surface area contributed by atoms with Crippen molar-refractivity contribution in [2.24, 2.45) is 10.2 Å². The number of nitrogens with one attached hydrogen (secondary N) is 1. The topological polar surface area (TPSA) is 124 Å². The molecule has 0 saturated carbocycles. The summed E-state index contributed by atoms with van der Waals surface area (Å²) >= 11 is 0. The van der Waals surface area contributed by atoms with Crippen LogP contribution in [0, 0.1) is 0 Å². The molecule has 3 aromatic rings. The molecule has 0 heterocycles. The Morgan fingerprint density at radius 2 is 1.68 bits per heavy atom. The van der Waals surface area contributed by atoms with Crippen molar-refractivity contribution in [2.45, 2.75) is 0 Å². The van der Waals surface area contributed by atoms with Crippen LogP contribution >= 0.6 is 0 Å². The summed E-state index contributed by atoms with van der Waals surface area (Å²) in [6.07, 6.45) is 0. The maximum Gasteiger partial charge on any atom is 0.342 e. The van der Waals surface area contributed by atoms with Crippen LogP contribution in [-0.2, 0) is 0 Å². The average molecular weight is 379 g/mol. The third kappa shape index (κ3) is 4.01. The fraction of sp³-hybridized carbons (Fsp3) is 0.0500. The predicted octanol–water partition coefficient (Wildman–Crippen LogP) is 4.96. The van der Waals surface area contributed by atoms with Crippen molar-refractivity contribution >= 4 is 28.7 Å². The number of nitrogens with zero attached hydrogens (tertiary/aromatic N) is 2. The Hall–Kier alpha value is -4.07. The summed E-state index contributed by atoms with van der Waals surface area (Å²) in [5.41, 5.74) is 0.156. The molecule has 8 heteroatoms. The first-order valence-electron chi connectivity index (χ1n) is 8.19. The van der Waals surface area contributed by atoms with Gasteiger partial charge in [-0.3, -0.25) is 0 Å². The molecule has 0 fully saturated rings. The third-order valence-corrected chi connectivity index (χ3v) is 3.86. The number of hydrogen-bond acceptors (Lipinski definition) is 7. The predicted molar refractivity (Wildman–Crippen MR) is 104 cm³/mol. The third-order valence-electron chi connectivity index (χ3n) is 3.86. The van der Waals surface area contributed by atoms with Crippen molar-refractivity contribution in [3.8, 4) is 17.2 Å². The summed E-state index contributed by atoms with van der Waals surface area (Å²) < 4.78 is 5.05. The van der Waals surface area contributed by atoms with Gasteiger partial charge in [0.2, 0.25) is 0 Å². The van der Waals surface area contributed by atoms with Gasteiger partial charge in [0.1, 0.15) is 22.7 Å². The molecular formula is C20H17N3O5. The highest BCUT2D eigenvalue weighted by molar-refractivity contribution is 6.01. The Balaban J connectivity index is 1.99. The highest BCUT2D eigenvalue weighted by atomic mass is 16.5. The van der Waals surface area contributed by atoms with E-state index in [0.717, 1.165) is 0 Å². The first-order chi connectivity index (χ1) is 13.5. The number of rotatable bonds is 6. The molecule has 0 atom stereocenters. The van der Waals surface area contributed by atoms with E-state index in [-0.39, 0.29) is 11.4 Å². The van der Waals surface area contributed by atoms with Gasteiger partial charge in [-0.15, -0.1) is 5.11 Å². The van der Waals surface area contributed by atoms with Crippen molar-refractivity contribution in [1.82, 2.24) is 0 Å². The number of ether oxygens (including phenoxy) is 1. The fourth-order valence-electron chi connectivity index (χ4n) is 2.48. The van der Waals surface area contributed by atoms with Gasteiger partial charge < -0.3 is 25.4 Å². The van der Waals surface area contributed by atoms with Gasteiger partial charge in [0.25, 0.3) is 0 Å². The maximum atomic E-state index is 11.7. The first-order valence-corrected chi connectivity index (χ1v) is 8.19. The van der Waals surface area contributed by atoms with Crippen LogP contribution in [0.15, 0.2) is 70.9 Å². The number of phenolic OH excluding ortho intramolecular Hbond substituents is 1. The lowest BCUT2D eigenvalue weighted by Gasteiger charge is -2.13. The number of hydrogen-bond donors (Lipinski definition) is 4. The second-order valence-electron chi connectivity index (χ2n) is 5.71. The summed E-state index contributed by atoms with van der Waals surface area (Å²) in [5.74, 6) is -1.82. The zero-order valence-corrected chi connectivity index (χ0v) is 14.8. The Morgan fingerprint density at radius 3 is 2.29 bits per heavy atom. The van der Waals surface area contributed by atoms with Crippen LogP contribution in [0.3, 0.4) is 0 Å². The van der Waals surface area contributed by atoms with Gasteiger partial charge in [0.05, 0.1) is 18.5 Å². The molecular weight excluding hydrogens is 362 g/mol. The molecule has 0 spiro atoms. The number of carbonyl (C=O) groups is 1. The van der Waals surface area contributed by atoms with E-state index >= 15 is 0 Å². The normalized spacial score (nSPS) is 10.8. The number of anilines is 2. The van der Waals surface area contributed by atoms with Crippen LogP contribution < -0.4 is 10.1 Å². The maximum absolute atomic E-state index is 11.7. The van der Waals surface area contributed by atoms with Crippen molar-refractivity contribution in [2.75, 3.05) is 12.4 Å². The van der Waals surface area contributed by atoms with E-state index in [1.807, 2.05) is 6.07 Å². The van der Waals surface area contributed by atoms with Crippen LogP contribution in [0.5, 0.6) is 17.2 Å². The van der Waals surface area contributed by atoms with E-state index in [1.165, 1.54) is 13.2 Å². The van der Waals surface area contributed by atoms with Gasteiger partial charge in [-0.25, -0.2) is 4.79 Å². The van der Waals surface area contributed by atoms with E-state index < -0.39 is 23.0 Å².